The highest BCUT2D eigenvalue weighted by atomic mass is 32.2. The molecule has 2 aromatic carbocycles. The van der Waals surface area contributed by atoms with Gasteiger partial charge in [-0.2, -0.15) is 0 Å². The third kappa shape index (κ3) is 3.99. The summed E-state index contributed by atoms with van der Waals surface area (Å²) in [6, 6.07) is 16.1. The van der Waals surface area contributed by atoms with Crippen LogP contribution in [0.2, 0.25) is 0 Å². The number of aromatic nitrogens is 2. The Morgan fingerprint density at radius 2 is 2.04 bits per heavy atom. The molecule has 1 atom stereocenters. The number of carbonyl (C=O) groups excluding carboxylic acids is 1. The van der Waals surface area contributed by atoms with Gasteiger partial charge in [-0.1, -0.05) is 48.2 Å². The fourth-order valence-corrected chi connectivity index (χ4v) is 4.15. The molecule has 0 saturated heterocycles. The molecule has 4 rings (SSSR count). The van der Waals surface area contributed by atoms with Gasteiger partial charge in [0.15, 0.2) is 5.56 Å². The van der Waals surface area contributed by atoms with Crippen molar-refractivity contribution < 1.29 is 9.90 Å². The lowest BCUT2D eigenvalue weighted by atomic mass is 10.1. The Balaban J connectivity index is 1.61. The highest BCUT2D eigenvalue weighted by Gasteiger charge is 2.20. The number of imidazole rings is 1. The average Bonchev–Trinajstić information content (AvgIpc) is 3.18. The summed E-state index contributed by atoms with van der Waals surface area (Å²) in [5, 5.41) is 12.7. The number of nitrogens with zero attached hydrogens (tertiary/aromatic N) is 2. The van der Waals surface area contributed by atoms with Crippen molar-refractivity contribution in [3.8, 4) is 0 Å². The number of nitrogens with two attached hydrogens (primary N) is 1. The van der Waals surface area contributed by atoms with Gasteiger partial charge in [0.1, 0.15) is 0 Å². The number of benzene rings is 2. The summed E-state index contributed by atoms with van der Waals surface area (Å²) in [6.45, 7) is 0.592. The monoisotopic (exact) mass is 380 g/mol. The fraction of sp³-hybridized carbons (Fsp3) is 0.200. The molecule has 0 bridgehead atoms. The minimum Gasteiger partial charge on any atom is -0.369 e. The number of aliphatic hydroxyl groups excluding tert-OH is 1. The van der Waals surface area contributed by atoms with E-state index in [0.29, 0.717) is 13.0 Å². The molecule has 1 aromatic heterocycles. The molecule has 1 unspecified atom stereocenters. The molecule has 0 radical (unpaired) electrons. The first-order chi connectivity index (χ1) is 13.1. The van der Waals surface area contributed by atoms with Gasteiger partial charge in [0.25, 0.3) is 0 Å². The number of hydrogen-bond donors (Lipinski definition) is 3. The van der Waals surface area contributed by atoms with Gasteiger partial charge in [-0.15, -0.1) is 0 Å². The molecule has 27 heavy (non-hydrogen) atoms. The molecule has 0 saturated carbocycles. The van der Waals surface area contributed by atoms with Gasteiger partial charge in [0.2, 0.25) is 5.91 Å². The molecule has 4 N–H and O–H groups in total. The lowest BCUT2D eigenvalue weighted by molar-refractivity contribution is -0.117. The molecular formula is C20H20N4O2S. The van der Waals surface area contributed by atoms with Gasteiger partial charge in [-0.25, -0.2) is 4.98 Å². The van der Waals surface area contributed by atoms with Gasteiger partial charge >= 0.3 is 0 Å². The van der Waals surface area contributed by atoms with Gasteiger partial charge in [-0.3, -0.25) is 4.79 Å². The predicted molar refractivity (Wildman–Crippen MR) is 105 cm³/mol. The summed E-state index contributed by atoms with van der Waals surface area (Å²) in [4.78, 5) is 17.2. The molecule has 1 aliphatic rings. The molecule has 6 nitrogen and oxygen atoms in total. The third-order valence-corrected chi connectivity index (χ3v) is 5.44. The van der Waals surface area contributed by atoms with Crippen LogP contribution in [0.25, 0.3) is 0 Å². The highest BCUT2D eigenvalue weighted by molar-refractivity contribution is 8.00. The van der Waals surface area contributed by atoms with E-state index in [9.17, 15) is 9.90 Å². The van der Waals surface area contributed by atoms with Crippen LogP contribution in [0.4, 0.5) is 5.69 Å². The average molecular weight is 380 g/mol. The predicted octanol–water partition coefficient (Wildman–Crippen LogP) is 2.34. The van der Waals surface area contributed by atoms with Crippen LogP contribution in [0.5, 0.6) is 0 Å². The number of carbonyl (C=O) groups is 1. The Morgan fingerprint density at radius 1 is 1.22 bits per heavy atom. The zero-order valence-electron chi connectivity index (χ0n) is 14.6. The maximum absolute atomic E-state index is 11.6. The Kier molecular flexibility index (Phi) is 4.87. The van der Waals surface area contributed by atoms with E-state index in [4.69, 9.17) is 5.73 Å². The lowest BCUT2D eigenvalue weighted by Crippen LogP contribution is -2.18. The highest BCUT2D eigenvalue weighted by Crippen LogP contribution is 2.37. The first-order valence-electron chi connectivity index (χ1n) is 8.68. The van der Waals surface area contributed by atoms with Crippen LogP contribution in [0.1, 0.15) is 22.5 Å². The number of fused-ring (bicyclic) bond motifs is 1. The van der Waals surface area contributed by atoms with E-state index in [0.717, 1.165) is 33.1 Å². The third-order valence-electron chi connectivity index (χ3n) is 4.51. The molecule has 0 fully saturated rings. The van der Waals surface area contributed by atoms with Crippen LogP contribution >= 0.6 is 11.8 Å². The van der Waals surface area contributed by atoms with Gasteiger partial charge in [0.05, 0.1) is 29.8 Å². The molecule has 1 aliphatic heterocycles. The Hall–Kier alpha value is -2.77. The van der Waals surface area contributed by atoms with Crippen molar-refractivity contribution in [3.63, 3.8) is 0 Å². The summed E-state index contributed by atoms with van der Waals surface area (Å²) in [7, 11) is 0. The second kappa shape index (κ2) is 7.46. The number of primary amides is 1. The number of hydrogen-bond acceptors (Lipinski definition) is 5. The molecule has 1 amide bonds. The summed E-state index contributed by atoms with van der Waals surface area (Å²) in [5.41, 5.74) is 9.74. The van der Waals surface area contributed by atoms with Crippen molar-refractivity contribution in [2.24, 2.45) is 5.73 Å². The second-order valence-corrected chi connectivity index (χ2v) is 7.64. The minimum absolute atomic E-state index is 0.155. The van der Waals surface area contributed by atoms with E-state index in [1.54, 1.807) is 6.33 Å². The molecule has 7 heteroatoms. The number of amides is 1. The number of anilines is 1. The minimum atomic E-state index is -0.605. The largest absolute Gasteiger partial charge is 0.369 e. The SMILES string of the molecule is NC(=O)Cc1c(Cc2ccccc2)ncn1Cc1ccc2c(c1)SC(O)N2. The standard InChI is InChI=1S/C20H20N4O2S/c21-19(25)10-17-16(8-13-4-2-1-3-5-13)22-12-24(17)11-14-6-7-15-18(9-14)27-20(26)23-15/h1-7,9,12,20,23,26H,8,10-11H2,(H2,21,25). The molecule has 138 valence electrons. The molecule has 2 heterocycles. The molecular weight excluding hydrogens is 360 g/mol. The van der Waals surface area contributed by atoms with Crippen molar-refractivity contribution in [2.75, 3.05) is 5.32 Å². The van der Waals surface area contributed by atoms with Crippen LogP contribution in [-0.2, 0) is 24.2 Å². The van der Waals surface area contributed by atoms with Crippen LogP contribution in [0.15, 0.2) is 59.8 Å². The second-order valence-electron chi connectivity index (χ2n) is 6.52. The Labute approximate surface area is 161 Å². The van der Waals surface area contributed by atoms with E-state index in [1.807, 2.05) is 53.1 Å². The molecule has 0 spiro atoms. The summed E-state index contributed by atoms with van der Waals surface area (Å²) < 4.78 is 1.98. The summed E-state index contributed by atoms with van der Waals surface area (Å²) in [6.07, 6.45) is 2.58. The lowest BCUT2D eigenvalue weighted by Gasteiger charge is -2.10. The van der Waals surface area contributed by atoms with Crippen molar-refractivity contribution >= 4 is 23.4 Å². The number of nitrogens with one attached hydrogen (secondary N) is 1. The Morgan fingerprint density at radius 3 is 2.81 bits per heavy atom. The van der Waals surface area contributed by atoms with Crippen molar-refractivity contribution in [1.29, 1.82) is 0 Å². The van der Waals surface area contributed by atoms with E-state index >= 15 is 0 Å². The molecule has 3 aromatic rings. The van der Waals surface area contributed by atoms with Crippen molar-refractivity contribution in [1.82, 2.24) is 9.55 Å². The smallest absolute Gasteiger partial charge is 0.223 e. The van der Waals surface area contributed by atoms with E-state index in [1.165, 1.54) is 11.8 Å². The quantitative estimate of drug-likeness (QED) is 0.610. The number of rotatable bonds is 6. The number of thioether (sulfide) groups is 1. The van der Waals surface area contributed by atoms with Crippen LogP contribution < -0.4 is 11.1 Å². The van der Waals surface area contributed by atoms with E-state index in [2.05, 4.69) is 10.3 Å². The van der Waals surface area contributed by atoms with Crippen LogP contribution in [0, 0.1) is 0 Å². The number of aliphatic hydroxyl groups is 1. The zero-order chi connectivity index (χ0) is 18.8. The first-order valence-corrected chi connectivity index (χ1v) is 9.56. The van der Waals surface area contributed by atoms with Gasteiger partial charge < -0.3 is 20.7 Å². The van der Waals surface area contributed by atoms with Gasteiger partial charge in [0, 0.05) is 17.9 Å². The zero-order valence-corrected chi connectivity index (χ0v) is 15.4. The van der Waals surface area contributed by atoms with Crippen molar-refractivity contribution in [3.05, 3.63) is 77.4 Å². The Bertz CT molecular complexity index is 971. The summed E-state index contributed by atoms with van der Waals surface area (Å²) >= 11 is 1.38. The fourth-order valence-electron chi connectivity index (χ4n) is 3.25. The summed E-state index contributed by atoms with van der Waals surface area (Å²) in [5.74, 6) is -0.372. The topological polar surface area (TPSA) is 93.2 Å². The first kappa shape index (κ1) is 17.6. The van der Waals surface area contributed by atoms with E-state index < -0.39 is 5.56 Å². The maximum Gasteiger partial charge on any atom is 0.223 e. The normalized spacial score (nSPS) is 15.4. The van der Waals surface area contributed by atoms with Crippen LogP contribution in [0.3, 0.4) is 0 Å². The van der Waals surface area contributed by atoms with Crippen molar-refractivity contribution in [2.45, 2.75) is 29.8 Å². The van der Waals surface area contributed by atoms with E-state index in [-0.39, 0.29) is 12.3 Å². The maximum atomic E-state index is 11.6. The van der Waals surface area contributed by atoms with Gasteiger partial charge in [-0.05, 0) is 23.3 Å². The molecule has 0 aliphatic carbocycles. The van der Waals surface area contributed by atoms with Crippen LogP contribution in [-0.4, -0.2) is 26.1 Å².